The van der Waals surface area contributed by atoms with Crippen molar-refractivity contribution in [1.29, 1.82) is 0 Å². The number of carbonyl (C=O) groups is 2. The molecule has 4 rings (SSSR count). The van der Waals surface area contributed by atoms with Crippen LogP contribution in [0.15, 0.2) is 0 Å². The van der Waals surface area contributed by atoms with E-state index in [0.717, 1.165) is 70.5 Å². The number of esters is 1. The van der Waals surface area contributed by atoms with Crippen LogP contribution in [0, 0.1) is 0 Å². The van der Waals surface area contributed by atoms with Crippen molar-refractivity contribution in [3.63, 3.8) is 0 Å². The Bertz CT molecular complexity index is 1060. The van der Waals surface area contributed by atoms with E-state index in [0.29, 0.717) is 50.1 Å². The predicted molar refractivity (Wildman–Crippen MR) is 182 cm³/mol. The molecule has 3 aliphatic heterocycles. The summed E-state index contributed by atoms with van der Waals surface area (Å²) in [4.78, 5) is 44.6. The van der Waals surface area contributed by atoms with Gasteiger partial charge in [-0.05, 0) is 52.9 Å². The Morgan fingerprint density at radius 2 is 1.11 bits per heavy atom. The lowest BCUT2D eigenvalue weighted by atomic mass is 10.1. The number of amides is 1. The van der Waals surface area contributed by atoms with E-state index in [4.69, 9.17) is 19.4 Å². The molecular weight excluding hydrogens is 568 g/mol. The predicted octanol–water partition coefficient (Wildman–Crippen LogP) is 7.34. The van der Waals surface area contributed by atoms with Crippen molar-refractivity contribution >= 4 is 29.6 Å². The van der Waals surface area contributed by atoms with Gasteiger partial charge in [-0.1, -0.05) is 71.1 Å². The van der Waals surface area contributed by atoms with Crippen LogP contribution in [0.2, 0.25) is 0 Å². The summed E-state index contributed by atoms with van der Waals surface area (Å²) in [6.07, 6.45) is 18.2. The lowest BCUT2D eigenvalue weighted by Gasteiger charge is -2.37. The lowest BCUT2D eigenvalue weighted by Crippen LogP contribution is -2.50. The highest BCUT2D eigenvalue weighted by Gasteiger charge is 2.33. The highest BCUT2D eigenvalue weighted by molar-refractivity contribution is 5.79. The van der Waals surface area contributed by atoms with Crippen molar-refractivity contribution in [3.8, 4) is 5.75 Å². The second-order valence-corrected chi connectivity index (χ2v) is 14.1. The van der Waals surface area contributed by atoms with E-state index in [9.17, 15) is 9.59 Å². The standard InChI is InChI=1S/C35H60N6O4/c1-5-6-7-8-9-10-11-12-13-14-15-20-29(42)44-30-31(38-21-16-17-22-38)36-33(40-23-18-19-24-40)37-32(30)39-25-27-41(28-26-39)34(43)45-35(2,3)4/h5-28H2,1-4H3. The third kappa shape index (κ3) is 11.2. The molecule has 254 valence electrons. The van der Waals surface area contributed by atoms with Gasteiger partial charge in [0.2, 0.25) is 11.7 Å². The summed E-state index contributed by atoms with van der Waals surface area (Å²) in [5.74, 6) is 2.39. The second-order valence-electron chi connectivity index (χ2n) is 14.1. The molecule has 10 nitrogen and oxygen atoms in total. The molecule has 45 heavy (non-hydrogen) atoms. The van der Waals surface area contributed by atoms with Crippen LogP contribution >= 0.6 is 0 Å². The van der Waals surface area contributed by atoms with E-state index in [1.165, 1.54) is 57.8 Å². The number of ether oxygens (including phenoxy) is 2. The molecule has 10 heteroatoms. The average molecular weight is 629 g/mol. The van der Waals surface area contributed by atoms with Gasteiger partial charge < -0.3 is 29.1 Å². The summed E-state index contributed by atoms with van der Waals surface area (Å²) in [6, 6.07) is 0. The third-order valence-electron chi connectivity index (χ3n) is 9.04. The fourth-order valence-electron chi connectivity index (χ4n) is 6.45. The molecule has 4 heterocycles. The Kier molecular flexibility index (Phi) is 13.9. The summed E-state index contributed by atoms with van der Waals surface area (Å²) in [5.41, 5.74) is -0.536. The quantitative estimate of drug-likeness (QED) is 0.138. The fraction of sp³-hybridized carbons (Fsp3) is 0.829. The smallest absolute Gasteiger partial charge is 0.410 e. The molecule has 3 saturated heterocycles. The van der Waals surface area contributed by atoms with Gasteiger partial charge in [-0.3, -0.25) is 4.79 Å². The van der Waals surface area contributed by atoms with Crippen LogP contribution in [0.5, 0.6) is 5.75 Å². The average Bonchev–Trinajstić information content (AvgIpc) is 3.75. The van der Waals surface area contributed by atoms with Crippen molar-refractivity contribution in [2.75, 3.05) is 67.1 Å². The molecule has 1 amide bonds. The molecule has 0 aromatic carbocycles. The number of carbonyl (C=O) groups excluding carboxylic acids is 2. The van der Waals surface area contributed by atoms with Gasteiger partial charge in [-0.2, -0.15) is 9.97 Å². The minimum Gasteiger partial charge on any atom is -0.444 e. The first-order chi connectivity index (χ1) is 21.7. The van der Waals surface area contributed by atoms with Crippen LogP contribution < -0.4 is 19.4 Å². The molecule has 0 spiro atoms. The second kappa shape index (κ2) is 17.8. The number of aromatic nitrogens is 2. The molecule has 1 aromatic heterocycles. The van der Waals surface area contributed by atoms with Gasteiger partial charge in [0.05, 0.1) is 0 Å². The minimum atomic E-state index is -0.536. The Morgan fingerprint density at radius 3 is 1.62 bits per heavy atom. The molecule has 0 N–H and O–H groups in total. The maximum Gasteiger partial charge on any atom is 0.410 e. The third-order valence-corrected chi connectivity index (χ3v) is 9.04. The normalized spacial score (nSPS) is 17.3. The first kappa shape index (κ1) is 35.1. The van der Waals surface area contributed by atoms with E-state index < -0.39 is 5.60 Å². The highest BCUT2D eigenvalue weighted by Crippen LogP contribution is 2.40. The van der Waals surface area contributed by atoms with Crippen molar-refractivity contribution in [3.05, 3.63) is 0 Å². The monoisotopic (exact) mass is 628 g/mol. The van der Waals surface area contributed by atoms with Crippen molar-refractivity contribution in [2.45, 2.75) is 136 Å². The van der Waals surface area contributed by atoms with Crippen LogP contribution in [0.1, 0.15) is 130 Å². The first-order valence-corrected chi connectivity index (χ1v) is 18.1. The fourth-order valence-corrected chi connectivity index (χ4v) is 6.45. The Hall–Kier alpha value is -2.78. The zero-order chi connectivity index (χ0) is 32.1. The number of rotatable bonds is 16. The number of nitrogens with zero attached hydrogens (tertiary/aromatic N) is 6. The molecule has 3 fully saturated rings. The summed E-state index contributed by atoms with van der Waals surface area (Å²) in [6.45, 7) is 13.8. The van der Waals surface area contributed by atoms with Crippen LogP contribution in [-0.4, -0.2) is 84.9 Å². The summed E-state index contributed by atoms with van der Waals surface area (Å²) in [7, 11) is 0. The van der Waals surface area contributed by atoms with E-state index in [-0.39, 0.29) is 12.1 Å². The maximum atomic E-state index is 13.3. The van der Waals surface area contributed by atoms with Gasteiger partial charge >= 0.3 is 12.1 Å². The van der Waals surface area contributed by atoms with Crippen molar-refractivity contribution in [1.82, 2.24) is 14.9 Å². The van der Waals surface area contributed by atoms with Gasteiger partial charge in [0, 0.05) is 58.8 Å². The number of unbranched alkanes of at least 4 members (excludes halogenated alkanes) is 10. The number of piperazine rings is 1. The molecule has 0 bridgehead atoms. The molecule has 0 atom stereocenters. The molecule has 1 aromatic rings. The number of hydrogen-bond acceptors (Lipinski definition) is 9. The summed E-state index contributed by atoms with van der Waals surface area (Å²) >= 11 is 0. The Balaban J connectivity index is 1.40. The van der Waals surface area contributed by atoms with E-state index >= 15 is 0 Å². The van der Waals surface area contributed by atoms with Gasteiger partial charge in [0.25, 0.3) is 0 Å². The summed E-state index contributed by atoms with van der Waals surface area (Å²) in [5, 5.41) is 0. The topological polar surface area (TPSA) is 91.3 Å². The van der Waals surface area contributed by atoms with Crippen LogP contribution in [0.3, 0.4) is 0 Å². The van der Waals surface area contributed by atoms with Crippen LogP contribution in [0.25, 0.3) is 0 Å². The molecule has 0 radical (unpaired) electrons. The van der Waals surface area contributed by atoms with Crippen LogP contribution in [-0.2, 0) is 9.53 Å². The summed E-state index contributed by atoms with van der Waals surface area (Å²) < 4.78 is 11.8. The Morgan fingerprint density at radius 1 is 0.644 bits per heavy atom. The first-order valence-electron chi connectivity index (χ1n) is 18.1. The maximum absolute atomic E-state index is 13.3. The molecule has 0 unspecified atom stereocenters. The van der Waals surface area contributed by atoms with Crippen molar-refractivity contribution in [2.24, 2.45) is 0 Å². The molecule has 0 aliphatic carbocycles. The molecule has 0 saturated carbocycles. The van der Waals surface area contributed by atoms with E-state index in [1.807, 2.05) is 20.8 Å². The van der Waals surface area contributed by atoms with Gasteiger partial charge in [0.1, 0.15) is 5.60 Å². The minimum absolute atomic E-state index is 0.211. The van der Waals surface area contributed by atoms with Crippen LogP contribution in [0.4, 0.5) is 22.4 Å². The number of anilines is 3. The van der Waals surface area contributed by atoms with Gasteiger partial charge in [-0.15, -0.1) is 0 Å². The van der Waals surface area contributed by atoms with Gasteiger partial charge in [-0.25, -0.2) is 4.79 Å². The zero-order valence-corrected chi connectivity index (χ0v) is 28.8. The SMILES string of the molecule is CCCCCCCCCCCCCC(=O)Oc1c(N2CCCC2)nc(N2CCCC2)nc1N1CCN(C(=O)OC(C)(C)C)CC1. The molecular formula is C35H60N6O4. The molecule has 3 aliphatic rings. The van der Waals surface area contributed by atoms with Gasteiger partial charge in [0.15, 0.2) is 11.6 Å². The highest BCUT2D eigenvalue weighted by atomic mass is 16.6. The largest absolute Gasteiger partial charge is 0.444 e. The van der Waals surface area contributed by atoms with E-state index in [1.54, 1.807) is 4.90 Å². The van der Waals surface area contributed by atoms with Crippen molar-refractivity contribution < 1.29 is 19.1 Å². The lowest BCUT2D eigenvalue weighted by molar-refractivity contribution is -0.134. The Labute approximate surface area is 272 Å². The number of hydrogen-bond donors (Lipinski definition) is 0. The van der Waals surface area contributed by atoms with E-state index in [2.05, 4.69) is 21.6 Å². The zero-order valence-electron chi connectivity index (χ0n) is 28.8.